The molecule has 1 atom stereocenters. The molecule has 1 aliphatic carbocycles. The molecule has 0 heterocycles. The summed E-state index contributed by atoms with van der Waals surface area (Å²) < 4.78 is 26.7. The Morgan fingerprint density at radius 2 is 1.75 bits per heavy atom. The quantitative estimate of drug-likeness (QED) is 0.653. The van der Waals surface area contributed by atoms with E-state index < -0.39 is 11.6 Å². The molecule has 0 bridgehead atoms. The van der Waals surface area contributed by atoms with Gasteiger partial charge in [0.2, 0.25) is 0 Å². The average Bonchev–Trinajstić information content (AvgIpc) is 2.39. The Morgan fingerprint density at radius 3 is 2.35 bits per heavy atom. The van der Waals surface area contributed by atoms with E-state index in [2.05, 4.69) is 5.43 Å². The molecular formula is C16H24F2N2. The van der Waals surface area contributed by atoms with Crippen LogP contribution in [0.2, 0.25) is 0 Å². The summed E-state index contributed by atoms with van der Waals surface area (Å²) in [6.07, 6.45) is 9.10. The van der Waals surface area contributed by atoms with Gasteiger partial charge < -0.3 is 0 Å². The van der Waals surface area contributed by atoms with Crippen LogP contribution in [0.1, 0.15) is 50.5 Å². The standard InChI is InChI=1S/C16H24F2N2/c17-14-9-8-13(15(18)11-14)10-16(20-19)12-6-4-2-1-3-5-7-12/h8-9,11-12,16,20H,1-7,10,19H2. The summed E-state index contributed by atoms with van der Waals surface area (Å²) in [5, 5.41) is 0. The van der Waals surface area contributed by atoms with Crippen LogP contribution in [0.3, 0.4) is 0 Å². The third kappa shape index (κ3) is 4.25. The molecule has 1 unspecified atom stereocenters. The molecule has 3 N–H and O–H groups in total. The summed E-state index contributed by atoms with van der Waals surface area (Å²) >= 11 is 0. The Morgan fingerprint density at radius 1 is 1.10 bits per heavy atom. The molecule has 0 spiro atoms. The minimum absolute atomic E-state index is 0.0630. The smallest absolute Gasteiger partial charge is 0.129 e. The van der Waals surface area contributed by atoms with Gasteiger partial charge in [-0.2, -0.15) is 0 Å². The van der Waals surface area contributed by atoms with Gasteiger partial charge in [-0.3, -0.25) is 11.3 Å². The predicted octanol–water partition coefficient (Wildman–Crippen LogP) is 3.70. The third-order valence-corrected chi connectivity index (χ3v) is 4.39. The molecule has 0 aromatic heterocycles. The largest absolute Gasteiger partial charge is 0.271 e. The van der Waals surface area contributed by atoms with E-state index in [0.29, 0.717) is 17.9 Å². The Hall–Kier alpha value is -1.00. The molecule has 1 aromatic carbocycles. The molecule has 1 aliphatic rings. The van der Waals surface area contributed by atoms with E-state index >= 15 is 0 Å². The van der Waals surface area contributed by atoms with Gasteiger partial charge in [0.05, 0.1) is 0 Å². The molecule has 1 saturated carbocycles. The van der Waals surface area contributed by atoms with Crippen molar-refractivity contribution in [2.75, 3.05) is 0 Å². The maximum atomic E-state index is 13.8. The zero-order valence-electron chi connectivity index (χ0n) is 11.9. The zero-order chi connectivity index (χ0) is 14.4. The Kier molecular flexibility index (Phi) is 5.92. The first-order valence-corrected chi connectivity index (χ1v) is 7.60. The van der Waals surface area contributed by atoms with Gasteiger partial charge in [-0.1, -0.05) is 38.2 Å². The highest BCUT2D eigenvalue weighted by Crippen LogP contribution is 2.26. The van der Waals surface area contributed by atoms with Gasteiger partial charge in [0.25, 0.3) is 0 Å². The van der Waals surface area contributed by atoms with Gasteiger partial charge in [0.15, 0.2) is 0 Å². The fourth-order valence-corrected chi connectivity index (χ4v) is 3.18. The number of benzene rings is 1. The van der Waals surface area contributed by atoms with Gasteiger partial charge in [-0.25, -0.2) is 8.78 Å². The van der Waals surface area contributed by atoms with Gasteiger partial charge in [-0.05, 0) is 36.8 Å². The molecule has 1 fully saturated rings. The van der Waals surface area contributed by atoms with Crippen LogP contribution in [0.15, 0.2) is 18.2 Å². The molecule has 2 rings (SSSR count). The lowest BCUT2D eigenvalue weighted by Crippen LogP contribution is -2.43. The number of nitrogens with one attached hydrogen (secondary N) is 1. The van der Waals surface area contributed by atoms with Crippen molar-refractivity contribution in [2.45, 2.75) is 57.4 Å². The van der Waals surface area contributed by atoms with E-state index in [1.807, 2.05) is 0 Å². The summed E-state index contributed by atoms with van der Waals surface area (Å²) in [5.74, 6) is 5.14. The highest BCUT2D eigenvalue weighted by Gasteiger charge is 2.22. The van der Waals surface area contributed by atoms with Crippen LogP contribution in [0.4, 0.5) is 8.78 Å². The first kappa shape index (κ1) is 15.4. The second-order valence-corrected chi connectivity index (χ2v) is 5.82. The first-order valence-electron chi connectivity index (χ1n) is 7.60. The minimum Gasteiger partial charge on any atom is -0.271 e. The van der Waals surface area contributed by atoms with Crippen molar-refractivity contribution in [3.8, 4) is 0 Å². The van der Waals surface area contributed by atoms with Gasteiger partial charge in [-0.15, -0.1) is 0 Å². The van der Waals surface area contributed by atoms with Crippen LogP contribution in [0.5, 0.6) is 0 Å². The topological polar surface area (TPSA) is 38.0 Å². The van der Waals surface area contributed by atoms with Crippen LogP contribution in [0.25, 0.3) is 0 Å². The highest BCUT2D eigenvalue weighted by atomic mass is 19.1. The molecule has 1 aromatic rings. The second kappa shape index (κ2) is 7.70. The van der Waals surface area contributed by atoms with Crippen molar-refractivity contribution < 1.29 is 8.78 Å². The molecular weight excluding hydrogens is 258 g/mol. The van der Waals surface area contributed by atoms with E-state index in [0.717, 1.165) is 18.9 Å². The monoisotopic (exact) mass is 282 g/mol. The lowest BCUT2D eigenvalue weighted by Gasteiger charge is -2.28. The Labute approximate surface area is 119 Å². The lowest BCUT2D eigenvalue weighted by molar-refractivity contribution is 0.283. The van der Waals surface area contributed by atoms with E-state index in [9.17, 15) is 8.78 Å². The first-order chi connectivity index (χ1) is 9.70. The maximum Gasteiger partial charge on any atom is 0.129 e. The number of hydrogen-bond acceptors (Lipinski definition) is 2. The average molecular weight is 282 g/mol. The maximum absolute atomic E-state index is 13.8. The molecule has 0 aliphatic heterocycles. The second-order valence-electron chi connectivity index (χ2n) is 5.82. The Bertz CT molecular complexity index is 415. The van der Waals surface area contributed by atoms with Crippen molar-refractivity contribution in [1.82, 2.24) is 5.43 Å². The van der Waals surface area contributed by atoms with E-state index in [1.54, 1.807) is 0 Å². The fourth-order valence-electron chi connectivity index (χ4n) is 3.18. The molecule has 4 heteroatoms. The van der Waals surface area contributed by atoms with Gasteiger partial charge in [0.1, 0.15) is 11.6 Å². The number of rotatable bonds is 4. The van der Waals surface area contributed by atoms with E-state index in [1.165, 1.54) is 44.2 Å². The van der Waals surface area contributed by atoms with Crippen molar-refractivity contribution in [3.63, 3.8) is 0 Å². The third-order valence-electron chi connectivity index (χ3n) is 4.39. The van der Waals surface area contributed by atoms with Crippen LogP contribution >= 0.6 is 0 Å². The highest BCUT2D eigenvalue weighted by molar-refractivity contribution is 5.19. The molecule has 0 saturated heterocycles. The zero-order valence-corrected chi connectivity index (χ0v) is 11.9. The lowest BCUT2D eigenvalue weighted by atomic mass is 9.83. The van der Waals surface area contributed by atoms with Crippen LogP contribution in [-0.4, -0.2) is 6.04 Å². The number of nitrogens with two attached hydrogens (primary N) is 1. The van der Waals surface area contributed by atoms with Gasteiger partial charge >= 0.3 is 0 Å². The van der Waals surface area contributed by atoms with E-state index in [-0.39, 0.29) is 6.04 Å². The summed E-state index contributed by atoms with van der Waals surface area (Å²) in [5.41, 5.74) is 3.39. The summed E-state index contributed by atoms with van der Waals surface area (Å²) in [6, 6.07) is 3.84. The number of hydrazine groups is 1. The van der Waals surface area contributed by atoms with Crippen molar-refractivity contribution in [2.24, 2.45) is 11.8 Å². The SMILES string of the molecule is NNC(Cc1ccc(F)cc1F)C1CCCCCCC1. The molecule has 112 valence electrons. The van der Waals surface area contributed by atoms with Crippen LogP contribution in [-0.2, 0) is 6.42 Å². The molecule has 20 heavy (non-hydrogen) atoms. The van der Waals surface area contributed by atoms with Crippen molar-refractivity contribution in [3.05, 3.63) is 35.4 Å². The Balaban J connectivity index is 2.03. The van der Waals surface area contributed by atoms with Crippen LogP contribution in [0, 0.1) is 17.6 Å². The molecule has 0 radical (unpaired) electrons. The van der Waals surface area contributed by atoms with Crippen LogP contribution < -0.4 is 11.3 Å². The van der Waals surface area contributed by atoms with Gasteiger partial charge in [0, 0.05) is 12.1 Å². The summed E-state index contributed by atoms with van der Waals surface area (Å²) in [7, 11) is 0. The van der Waals surface area contributed by atoms with Crippen molar-refractivity contribution in [1.29, 1.82) is 0 Å². The molecule has 0 amide bonds. The normalized spacial score (nSPS) is 19.4. The minimum atomic E-state index is -0.533. The molecule has 2 nitrogen and oxygen atoms in total. The number of halogens is 2. The summed E-state index contributed by atoms with van der Waals surface area (Å²) in [4.78, 5) is 0. The predicted molar refractivity (Wildman–Crippen MR) is 77.0 cm³/mol. The van der Waals surface area contributed by atoms with Crippen molar-refractivity contribution >= 4 is 0 Å². The van der Waals surface area contributed by atoms with E-state index in [4.69, 9.17) is 5.84 Å². The fraction of sp³-hybridized carbons (Fsp3) is 0.625. The number of hydrogen-bond donors (Lipinski definition) is 2. The summed E-state index contributed by atoms with van der Waals surface area (Å²) in [6.45, 7) is 0.